The molecule has 32 heavy (non-hydrogen) atoms. The molecule has 0 aromatic heterocycles. The van der Waals surface area contributed by atoms with Crippen molar-refractivity contribution >= 4 is 38.6 Å². The molecule has 0 atom stereocenters. The third kappa shape index (κ3) is 2.83. The number of hydrogen-bond donors (Lipinski definition) is 0. The van der Waals surface area contributed by atoms with E-state index in [2.05, 4.69) is 97.1 Å². The van der Waals surface area contributed by atoms with E-state index in [4.69, 9.17) is 0 Å². The van der Waals surface area contributed by atoms with Crippen LogP contribution in [0.15, 0.2) is 115 Å². The number of fused-ring (bicyclic) bond motifs is 3. The van der Waals surface area contributed by atoms with Gasteiger partial charge >= 0.3 is 0 Å². The molecule has 0 spiro atoms. The molecule has 0 amide bonds. The summed E-state index contributed by atoms with van der Waals surface area (Å²) >= 11 is 0. The predicted molar refractivity (Wildman–Crippen MR) is 135 cm³/mol. The summed E-state index contributed by atoms with van der Waals surface area (Å²) in [6.07, 6.45) is 0.915. The zero-order chi connectivity index (χ0) is 21.5. The van der Waals surface area contributed by atoms with E-state index in [0.29, 0.717) is 5.56 Å². The third-order valence-corrected chi connectivity index (χ3v) is 6.30. The molecule has 0 saturated heterocycles. The Labute approximate surface area is 186 Å². The topological polar surface area (TPSA) is 17.1 Å². The van der Waals surface area contributed by atoms with Crippen LogP contribution in [0.25, 0.3) is 54.6 Å². The first kappa shape index (κ1) is 18.5. The second-order valence-corrected chi connectivity index (χ2v) is 8.11. The largest absolute Gasteiger partial charge is 0.298 e. The molecule has 150 valence electrons. The molecule has 6 rings (SSSR count). The van der Waals surface area contributed by atoms with Crippen molar-refractivity contribution in [3.8, 4) is 22.3 Å². The van der Waals surface area contributed by atoms with Crippen LogP contribution < -0.4 is 0 Å². The van der Waals surface area contributed by atoms with Gasteiger partial charge in [-0.25, -0.2) is 0 Å². The molecular formula is C31H20O. The van der Waals surface area contributed by atoms with Gasteiger partial charge in [0.2, 0.25) is 0 Å². The lowest BCUT2D eigenvalue weighted by Gasteiger charge is -2.18. The Kier molecular flexibility index (Phi) is 4.33. The van der Waals surface area contributed by atoms with Crippen molar-refractivity contribution in [2.24, 2.45) is 0 Å². The van der Waals surface area contributed by atoms with E-state index in [1.54, 1.807) is 0 Å². The highest BCUT2D eigenvalue weighted by molar-refractivity contribution is 6.23. The highest BCUT2D eigenvalue weighted by Crippen LogP contribution is 2.45. The standard InChI is InChI=1S/C31H20O/c32-20-21-9-7-12-23(19-21)30-26-14-3-5-16-28(26)31(29-17-6-4-15-27(29)30)25-18-8-11-22-10-1-2-13-24(22)25/h1-20H. The number of carbonyl (C=O) groups is 1. The quantitative estimate of drug-likeness (QED) is 0.213. The summed E-state index contributed by atoms with van der Waals surface area (Å²) in [5, 5.41) is 7.31. The fraction of sp³-hybridized carbons (Fsp3) is 0. The average molecular weight is 409 g/mol. The van der Waals surface area contributed by atoms with Crippen molar-refractivity contribution in [3.63, 3.8) is 0 Å². The Bertz CT molecular complexity index is 1580. The van der Waals surface area contributed by atoms with Crippen molar-refractivity contribution in [3.05, 3.63) is 121 Å². The Morgan fingerprint density at radius 2 is 1.00 bits per heavy atom. The van der Waals surface area contributed by atoms with Crippen LogP contribution in [0.5, 0.6) is 0 Å². The second kappa shape index (κ2) is 7.47. The fourth-order valence-corrected chi connectivity index (χ4v) is 4.94. The summed E-state index contributed by atoms with van der Waals surface area (Å²) in [6, 6.07) is 40.2. The summed E-state index contributed by atoms with van der Waals surface area (Å²) in [5.74, 6) is 0. The van der Waals surface area contributed by atoms with Crippen LogP contribution in [-0.4, -0.2) is 6.29 Å². The number of carbonyl (C=O) groups excluding carboxylic acids is 1. The number of benzene rings is 6. The Balaban J connectivity index is 1.82. The van der Waals surface area contributed by atoms with Crippen LogP contribution in [0.2, 0.25) is 0 Å². The monoisotopic (exact) mass is 408 g/mol. The fourth-order valence-electron chi connectivity index (χ4n) is 4.94. The lowest BCUT2D eigenvalue weighted by molar-refractivity contribution is 0.112. The SMILES string of the molecule is O=Cc1cccc(-c2c3ccccc3c(-c3cccc4ccccc34)c3ccccc23)c1. The minimum absolute atomic E-state index is 0.689. The molecule has 6 aromatic carbocycles. The second-order valence-electron chi connectivity index (χ2n) is 8.11. The van der Waals surface area contributed by atoms with Gasteiger partial charge in [-0.2, -0.15) is 0 Å². The Morgan fingerprint density at radius 1 is 0.469 bits per heavy atom. The van der Waals surface area contributed by atoms with Crippen LogP contribution >= 0.6 is 0 Å². The number of rotatable bonds is 3. The van der Waals surface area contributed by atoms with Gasteiger partial charge in [-0.3, -0.25) is 4.79 Å². The van der Waals surface area contributed by atoms with Crippen molar-refractivity contribution in [1.29, 1.82) is 0 Å². The highest BCUT2D eigenvalue weighted by Gasteiger charge is 2.17. The van der Waals surface area contributed by atoms with Gasteiger partial charge in [0.15, 0.2) is 0 Å². The lowest BCUT2D eigenvalue weighted by Crippen LogP contribution is -1.92. The molecule has 0 aliphatic carbocycles. The van der Waals surface area contributed by atoms with E-state index >= 15 is 0 Å². The average Bonchev–Trinajstić information content (AvgIpc) is 2.87. The molecule has 0 fully saturated rings. The maximum Gasteiger partial charge on any atom is 0.150 e. The summed E-state index contributed by atoms with van der Waals surface area (Å²) < 4.78 is 0. The summed E-state index contributed by atoms with van der Waals surface area (Å²) in [7, 11) is 0. The minimum Gasteiger partial charge on any atom is -0.298 e. The molecule has 0 aliphatic heterocycles. The molecule has 6 aromatic rings. The lowest BCUT2D eigenvalue weighted by atomic mass is 9.84. The van der Waals surface area contributed by atoms with Gasteiger partial charge in [-0.15, -0.1) is 0 Å². The molecule has 0 unspecified atom stereocenters. The van der Waals surface area contributed by atoms with E-state index in [1.807, 2.05) is 18.2 Å². The molecule has 0 aliphatic rings. The third-order valence-electron chi connectivity index (χ3n) is 6.30. The van der Waals surface area contributed by atoms with Gasteiger partial charge in [0, 0.05) is 5.56 Å². The summed E-state index contributed by atoms with van der Waals surface area (Å²) in [5.41, 5.74) is 5.41. The molecule has 0 heterocycles. The Morgan fingerprint density at radius 3 is 1.66 bits per heavy atom. The molecule has 0 N–H and O–H groups in total. The molecule has 1 nitrogen and oxygen atoms in total. The van der Waals surface area contributed by atoms with Crippen LogP contribution in [0, 0.1) is 0 Å². The molecule has 0 radical (unpaired) electrons. The maximum absolute atomic E-state index is 11.5. The van der Waals surface area contributed by atoms with Crippen LogP contribution in [0.3, 0.4) is 0 Å². The first-order valence-electron chi connectivity index (χ1n) is 10.8. The normalized spacial score (nSPS) is 11.2. The van der Waals surface area contributed by atoms with Crippen molar-refractivity contribution in [2.45, 2.75) is 0 Å². The molecule has 0 bridgehead atoms. The van der Waals surface area contributed by atoms with E-state index in [0.717, 1.165) is 11.8 Å². The summed E-state index contributed by atoms with van der Waals surface area (Å²) in [6.45, 7) is 0. The van der Waals surface area contributed by atoms with E-state index < -0.39 is 0 Å². The first-order valence-corrected chi connectivity index (χ1v) is 10.8. The highest BCUT2D eigenvalue weighted by atomic mass is 16.1. The van der Waals surface area contributed by atoms with Crippen molar-refractivity contribution in [1.82, 2.24) is 0 Å². The van der Waals surface area contributed by atoms with Gasteiger partial charge in [0.05, 0.1) is 0 Å². The van der Waals surface area contributed by atoms with Gasteiger partial charge in [0.25, 0.3) is 0 Å². The molecular weight excluding hydrogens is 388 g/mol. The first-order chi connectivity index (χ1) is 15.8. The van der Waals surface area contributed by atoms with E-state index in [1.165, 1.54) is 49.0 Å². The smallest absolute Gasteiger partial charge is 0.150 e. The van der Waals surface area contributed by atoms with Gasteiger partial charge in [-0.1, -0.05) is 109 Å². The zero-order valence-corrected chi connectivity index (χ0v) is 17.5. The number of aldehydes is 1. The van der Waals surface area contributed by atoms with Crippen LogP contribution in [0.4, 0.5) is 0 Å². The van der Waals surface area contributed by atoms with Crippen LogP contribution in [0.1, 0.15) is 10.4 Å². The number of hydrogen-bond acceptors (Lipinski definition) is 1. The minimum atomic E-state index is 0.689. The van der Waals surface area contributed by atoms with Gasteiger partial charge < -0.3 is 0 Å². The molecule has 0 saturated carbocycles. The van der Waals surface area contributed by atoms with E-state index in [9.17, 15) is 4.79 Å². The Hall–Kier alpha value is -4.23. The van der Waals surface area contributed by atoms with Crippen molar-refractivity contribution in [2.75, 3.05) is 0 Å². The molecule has 1 heteroatoms. The van der Waals surface area contributed by atoms with Gasteiger partial charge in [-0.05, 0) is 60.6 Å². The zero-order valence-electron chi connectivity index (χ0n) is 17.5. The van der Waals surface area contributed by atoms with Crippen molar-refractivity contribution < 1.29 is 4.79 Å². The van der Waals surface area contributed by atoms with Crippen LogP contribution in [-0.2, 0) is 0 Å². The van der Waals surface area contributed by atoms with E-state index in [-0.39, 0.29) is 0 Å². The summed E-state index contributed by atoms with van der Waals surface area (Å²) in [4.78, 5) is 11.5. The predicted octanol–water partition coefficient (Wildman–Crippen LogP) is 8.29. The maximum atomic E-state index is 11.5. The van der Waals surface area contributed by atoms with Gasteiger partial charge in [0.1, 0.15) is 6.29 Å².